The molecule has 114 valence electrons. The molecule has 0 spiro atoms. The second-order valence-electron chi connectivity index (χ2n) is 6.36. The molecule has 0 radical (unpaired) electrons. The van der Waals surface area contributed by atoms with Crippen LogP contribution in [-0.4, -0.2) is 35.6 Å². The van der Waals surface area contributed by atoms with Crippen molar-refractivity contribution >= 4 is 5.91 Å². The molecular weight excluding hydrogens is 269 g/mol. The summed E-state index contributed by atoms with van der Waals surface area (Å²) in [6, 6.07) is 6.37. The fourth-order valence-electron chi connectivity index (χ4n) is 3.49. The summed E-state index contributed by atoms with van der Waals surface area (Å²) in [6.07, 6.45) is 4.59. The molecule has 21 heavy (non-hydrogen) atoms. The first kappa shape index (κ1) is 14.5. The van der Waals surface area contributed by atoms with Crippen molar-refractivity contribution in [2.24, 2.45) is 5.92 Å². The van der Waals surface area contributed by atoms with Gasteiger partial charge in [-0.2, -0.15) is 0 Å². The van der Waals surface area contributed by atoms with Crippen molar-refractivity contribution in [2.45, 2.75) is 37.5 Å². The fraction of sp³-hybridized carbons (Fsp3) is 0.588. The highest BCUT2D eigenvalue weighted by Gasteiger charge is 2.53. The predicted octanol–water partition coefficient (Wildman–Crippen LogP) is 2.48. The van der Waals surface area contributed by atoms with Crippen molar-refractivity contribution in [3.05, 3.63) is 35.6 Å². The van der Waals surface area contributed by atoms with Gasteiger partial charge in [0, 0.05) is 19.7 Å². The Bertz CT molecular complexity index is 508. The summed E-state index contributed by atoms with van der Waals surface area (Å²) in [5.41, 5.74) is 0.535. The lowest BCUT2D eigenvalue weighted by atomic mass is 9.90. The van der Waals surface area contributed by atoms with E-state index in [4.69, 9.17) is 5.11 Å². The Hall–Kier alpha value is -1.42. The monoisotopic (exact) mass is 291 g/mol. The average molecular weight is 291 g/mol. The maximum absolute atomic E-state index is 13.1. The second-order valence-corrected chi connectivity index (χ2v) is 6.36. The quantitative estimate of drug-likeness (QED) is 0.926. The van der Waals surface area contributed by atoms with Gasteiger partial charge in [0.05, 0.1) is 5.41 Å². The van der Waals surface area contributed by atoms with Crippen LogP contribution in [0.2, 0.25) is 0 Å². The van der Waals surface area contributed by atoms with Crippen LogP contribution in [0.4, 0.5) is 4.39 Å². The maximum Gasteiger partial charge on any atom is 0.233 e. The van der Waals surface area contributed by atoms with Crippen LogP contribution in [-0.2, 0) is 10.2 Å². The Labute approximate surface area is 124 Å². The van der Waals surface area contributed by atoms with Crippen LogP contribution in [0.25, 0.3) is 0 Å². The van der Waals surface area contributed by atoms with Gasteiger partial charge < -0.3 is 10.0 Å². The minimum Gasteiger partial charge on any atom is -0.396 e. The van der Waals surface area contributed by atoms with Crippen molar-refractivity contribution in [1.82, 2.24) is 4.90 Å². The molecule has 1 saturated heterocycles. The third-order valence-electron chi connectivity index (χ3n) is 4.90. The molecule has 1 saturated carbocycles. The highest BCUT2D eigenvalue weighted by atomic mass is 19.1. The van der Waals surface area contributed by atoms with Crippen molar-refractivity contribution in [2.75, 3.05) is 19.7 Å². The number of hydrogen-bond donors (Lipinski definition) is 1. The zero-order valence-electron chi connectivity index (χ0n) is 12.2. The van der Waals surface area contributed by atoms with Gasteiger partial charge in [0.25, 0.3) is 0 Å². The summed E-state index contributed by atoms with van der Waals surface area (Å²) in [7, 11) is 0. The molecule has 1 atom stereocenters. The number of amides is 1. The number of aliphatic hydroxyl groups excluding tert-OH is 1. The van der Waals surface area contributed by atoms with Crippen molar-refractivity contribution in [3.8, 4) is 0 Å². The van der Waals surface area contributed by atoms with Gasteiger partial charge in [-0.05, 0) is 55.7 Å². The molecule has 3 rings (SSSR count). The first-order chi connectivity index (χ1) is 10.2. The molecular formula is C17H22FNO2. The van der Waals surface area contributed by atoms with E-state index < -0.39 is 5.41 Å². The zero-order valence-corrected chi connectivity index (χ0v) is 12.2. The van der Waals surface area contributed by atoms with Crippen LogP contribution < -0.4 is 0 Å². The summed E-state index contributed by atoms with van der Waals surface area (Å²) >= 11 is 0. The minimum atomic E-state index is -0.408. The van der Waals surface area contributed by atoms with Crippen molar-refractivity contribution in [3.63, 3.8) is 0 Å². The van der Waals surface area contributed by atoms with Crippen LogP contribution in [0.5, 0.6) is 0 Å². The summed E-state index contributed by atoms with van der Waals surface area (Å²) < 4.78 is 13.1. The SMILES string of the molecule is O=C(N1CCCC(CCO)C1)C1(c2ccc(F)cc2)CC1. The zero-order chi connectivity index (χ0) is 14.9. The molecule has 0 aromatic heterocycles. The Morgan fingerprint density at radius 3 is 2.67 bits per heavy atom. The molecule has 1 aromatic carbocycles. The molecule has 1 aliphatic carbocycles. The molecule has 1 aliphatic heterocycles. The number of carbonyl (C=O) groups is 1. The number of halogens is 1. The van der Waals surface area contributed by atoms with Crippen LogP contribution >= 0.6 is 0 Å². The third kappa shape index (κ3) is 2.82. The molecule has 1 amide bonds. The number of hydrogen-bond acceptors (Lipinski definition) is 2. The number of carbonyl (C=O) groups excluding carboxylic acids is 1. The van der Waals surface area contributed by atoms with Crippen LogP contribution in [0.15, 0.2) is 24.3 Å². The molecule has 2 aliphatic rings. The van der Waals surface area contributed by atoms with Crippen LogP contribution in [0.3, 0.4) is 0 Å². The summed E-state index contributed by atoms with van der Waals surface area (Å²) in [5, 5.41) is 9.08. The van der Waals surface area contributed by atoms with E-state index in [0.717, 1.165) is 50.8 Å². The third-order valence-corrected chi connectivity index (χ3v) is 4.90. The van der Waals surface area contributed by atoms with E-state index in [1.54, 1.807) is 12.1 Å². The number of rotatable bonds is 4. The van der Waals surface area contributed by atoms with Gasteiger partial charge in [-0.3, -0.25) is 4.79 Å². The smallest absolute Gasteiger partial charge is 0.233 e. The number of aliphatic hydroxyl groups is 1. The topological polar surface area (TPSA) is 40.5 Å². The lowest BCUT2D eigenvalue weighted by Crippen LogP contribution is -2.45. The molecule has 1 aromatic rings. The van der Waals surface area contributed by atoms with Gasteiger partial charge in [-0.15, -0.1) is 0 Å². The van der Waals surface area contributed by atoms with Crippen molar-refractivity contribution in [1.29, 1.82) is 0 Å². The molecule has 2 fully saturated rings. The number of benzene rings is 1. The lowest BCUT2D eigenvalue weighted by molar-refractivity contribution is -0.136. The summed E-state index contributed by atoms with van der Waals surface area (Å²) in [5.74, 6) is 0.344. The molecule has 3 nitrogen and oxygen atoms in total. The summed E-state index contributed by atoms with van der Waals surface area (Å²) in [4.78, 5) is 14.8. The number of piperidine rings is 1. The Morgan fingerprint density at radius 2 is 2.05 bits per heavy atom. The van der Waals surface area contributed by atoms with Crippen LogP contribution in [0.1, 0.15) is 37.7 Å². The van der Waals surface area contributed by atoms with E-state index in [2.05, 4.69) is 0 Å². The van der Waals surface area contributed by atoms with E-state index in [9.17, 15) is 9.18 Å². The minimum absolute atomic E-state index is 0.190. The van der Waals surface area contributed by atoms with Gasteiger partial charge in [0.2, 0.25) is 5.91 Å². The van der Waals surface area contributed by atoms with Gasteiger partial charge in [-0.1, -0.05) is 12.1 Å². The summed E-state index contributed by atoms with van der Waals surface area (Å²) in [6.45, 7) is 1.75. The Balaban J connectivity index is 1.73. The predicted molar refractivity (Wildman–Crippen MR) is 78.3 cm³/mol. The van der Waals surface area contributed by atoms with Gasteiger partial charge >= 0.3 is 0 Å². The van der Waals surface area contributed by atoms with Gasteiger partial charge in [0.1, 0.15) is 5.82 Å². The average Bonchev–Trinajstić information content (AvgIpc) is 3.29. The lowest BCUT2D eigenvalue weighted by Gasteiger charge is -2.35. The fourth-order valence-corrected chi connectivity index (χ4v) is 3.49. The molecule has 0 bridgehead atoms. The first-order valence-electron chi connectivity index (χ1n) is 7.82. The first-order valence-corrected chi connectivity index (χ1v) is 7.82. The van der Waals surface area contributed by atoms with Crippen molar-refractivity contribution < 1.29 is 14.3 Å². The van der Waals surface area contributed by atoms with E-state index in [1.165, 1.54) is 12.1 Å². The normalized spacial score (nSPS) is 23.9. The van der Waals surface area contributed by atoms with Gasteiger partial charge in [-0.25, -0.2) is 4.39 Å². The molecule has 1 N–H and O–H groups in total. The highest BCUT2D eigenvalue weighted by molar-refractivity contribution is 5.91. The van der Waals surface area contributed by atoms with E-state index in [0.29, 0.717) is 5.92 Å². The van der Waals surface area contributed by atoms with E-state index in [1.807, 2.05) is 4.90 Å². The Morgan fingerprint density at radius 1 is 1.33 bits per heavy atom. The largest absolute Gasteiger partial charge is 0.396 e. The second kappa shape index (κ2) is 5.76. The standard InChI is InChI=1S/C17H22FNO2/c18-15-5-3-14(4-6-15)17(8-9-17)16(21)19-10-1-2-13(12-19)7-11-20/h3-6,13,20H,1-2,7-12H2. The number of nitrogens with zero attached hydrogens (tertiary/aromatic N) is 1. The molecule has 1 heterocycles. The Kier molecular flexibility index (Phi) is 3.98. The molecule has 4 heteroatoms. The van der Waals surface area contributed by atoms with Gasteiger partial charge in [0.15, 0.2) is 0 Å². The number of likely N-dealkylation sites (tertiary alicyclic amines) is 1. The van der Waals surface area contributed by atoms with E-state index in [-0.39, 0.29) is 18.3 Å². The molecule has 1 unspecified atom stereocenters. The maximum atomic E-state index is 13.1. The van der Waals surface area contributed by atoms with Crippen LogP contribution in [0, 0.1) is 11.7 Å². The van der Waals surface area contributed by atoms with E-state index >= 15 is 0 Å². The highest BCUT2D eigenvalue weighted by Crippen LogP contribution is 2.50.